The van der Waals surface area contributed by atoms with Crippen LogP contribution < -0.4 is 0 Å². The molecule has 0 radical (unpaired) electrons. The predicted octanol–water partition coefficient (Wildman–Crippen LogP) is 3.29. The summed E-state index contributed by atoms with van der Waals surface area (Å²) in [5.74, 6) is -0.271. The fraction of sp³-hybridized carbons (Fsp3) is 0.143. The van der Waals surface area contributed by atoms with Gasteiger partial charge in [0.1, 0.15) is 0 Å². The monoisotopic (exact) mass is 259 g/mol. The number of halogens is 1. The summed E-state index contributed by atoms with van der Waals surface area (Å²) in [5, 5.41) is 0. The van der Waals surface area contributed by atoms with Crippen molar-refractivity contribution < 1.29 is 9.18 Å². The summed E-state index contributed by atoms with van der Waals surface area (Å²) in [6, 6.07) is 9.25. The highest BCUT2D eigenvalue weighted by Crippen LogP contribution is 2.40. The zero-order chi connectivity index (χ0) is 12.5. The Morgan fingerprint density at radius 3 is 3.00 bits per heavy atom. The SMILES string of the molecule is O=C(c1ccncc1F)C1CSc2ccccc21. The van der Waals surface area contributed by atoms with Crippen LogP contribution in [0.1, 0.15) is 21.8 Å². The number of carbonyl (C=O) groups is 1. The van der Waals surface area contributed by atoms with Gasteiger partial charge in [-0.1, -0.05) is 18.2 Å². The maximum Gasteiger partial charge on any atom is 0.174 e. The molecule has 1 aliphatic rings. The smallest absolute Gasteiger partial charge is 0.174 e. The van der Waals surface area contributed by atoms with Crippen LogP contribution in [0.25, 0.3) is 0 Å². The van der Waals surface area contributed by atoms with E-state index >= 15 is 0 Å². The highest BCUT2D eigenvalue weighted by atomic mass is 32.2. The van der Waals surface area contributed by atoms with Gasteiger partial charge in [-0.25, -0.2) is 4.39 Å². The van der Waals surface area contributed by atoms with Crippen molar-refractivity contribution in [3.8, 4) is 0 Å². The van der Waals surface area contributed by atoms with E-state index in [0.717, 1.165) is 16.7 Å². The fourth-order valence-electron chi connectivity index (χ4n) is 2.14. The Kier molecular flexibility index (Phi) is 2.88. The molecule has 1 atom stereocenters. The van der Waals surface area contributed by atoms with Crippen LogP contribution in [0.15, 0.2) is 47.6 Å². The first-order valence-corrected chi connectivity index (χ1v) is 6.61. The summed E-state index contributed by atoms with van der Waals surface area (Å²) in [6.07, 6.45) is 2.53. The third-order valence-electron chi connectivity index (χ3n) is 3.05. The van der Waals surface area contributed by atoms with Gasteiger partial charge in [0, 0.05) is 16.8 Å². The Morgan fingerprint density at radius 1 is 1.33 bits per heavy atom. The highest BCUT2D eigenvalue weighted by molar-refractivity contribution is 7.99. The predicted molar refractivity (Wildman–Crippen MR) is 68.4 cm³/mol. The van der Waals surface area contributed by atoms with Gasteiger partial charge in [-0.3, -0.25) is 9.78 Å². The van der Waals surface area contributed by atoms with Crippen molar-refractivity contribution in [2.24, 2.45) is 0 Å². The van der Waals surface area contributed by atoms with Gasteiger partial charge in [0.2, 0.25) is 0 Å². The molecule has 18 heavy (non-hydrogen) atoms. The lowest BCUT2D eigenvalue weighted by Crippen LogP contribution is -2.14. The average molecular weight is 259 g/mol. The maximum absolute atomic E-state index is 13.6. The number of pyridine rings is 1. The van der Waals surface area contributed by atoms with E-state index < -0.39 is 5.82 Å². The molecule has 0 N–H and O–H groups in total. The number of carbonyl (C=O) groups excluding carboxylic acids is 1. The Balaban J connectivity index is 1.99. The second kappa shape index (κ2) is 4.53. The van der Waals surface area contributed by atoms with E-state index in [0.29, 0.717) is 5.75 Å². The molecule has 0 saturated carbocycles. The van der Waals surface area contributed by atoms with E-state index in [1.54, 1.807) is 11.8 Å². The first-order valence-electron chi connectivity index (χ1n) is 5.63. The van der Waals surface area contributed by atoms with Gasteiger partial charge in [-0.05, 0) is 17.7 Å². The zero-order valence-electron chi connectivity index (χ0n) is 9.47. The number of fused-ring (bicyclic) bond motifs is 1. The molecule has 90 valence electrons. The minimum atomic E-state index is -0.545. The number of nitrogens with zero attached hydrogens (tertiary/aromatic N) is 1. The minimum Gasteiger partial charge on any atom is -0.293 e. The topological polar surface area (TPSA) is 30.0 Å². The van der Waals surface area contributed by atoms with Crippen LogP contribution in [0.3, 0.4) is 0 Å². The van der Waals surface area contributed by atoms with Gasteiger partial charge in [0.05, 0.1) is 17.7 Å². The molecule has 1 unspecified atom stereocenters. The summed E-state index contributed by atoms with van der Waals surface area (Å²) >= 11 is 1.65. The van der Waals surface area contributed by atoms with Crippen molar-refractivity contribution >= 4 is 17.5 Å². The second-order valence-electron chi connectivity index (χ2n) is 4.12. The van der Waals surface area contributed by atoms with Crippen LogP contribution in [0.2, 0.25) is 0 Å². The largest absolute Gasteiger partial charge is 0.293 e. The number of hydrogen-bond acceptors (Lipinski definition) is 3. The van der Waals surface area contributed by atoms with Crippen molar-refractivity contribution in [2.75, 3.05) is 5.75 Å². The summed E-state index contributed by atoms with van der Waals surface area (Å²) in [7, 11) is 0. The van der Waals surface area contributed by atoms with Crippen molar-refractivity contribution in [3.63, 3.8) is 0 Å². The van der Waals surface area contributed by atoms with Crippen molar-refractivity contribution in [1.82, 2.24) is 4.98 Å². The number of benzene rings is 1. The molecule has 2 aromatic rings. The van der Waals surface area contributed by atoms with Crippen LogP contribution in [0.4, 0.5) is 4.39 Å². The molecule has 3 rings (SSSR count). The van der Waals surface area contributed by atoms with Crippen molar-refractivity contribution in [1.29, 1.82) is 0 Å². The third-order valence-corrected chi connectivity index (χ3v) is 4.24. The summed E-state index contributed by atoms with van der Waals surface area (Å²) in [4.78, 5) is 17.1. The van der Waals surface area contributed by atoms with Gasteiger partial charge in [0.25, 0.3) is 0 Å². The normalized spacial score (nSPS) is 17.5. The second-order valence-corrected chi connectivity index (χ2v) is 5.18. The minimum absolute atomic E-state index is 0.132. The third kappa shape index (κ3) is 1.82. The van der Waals surface area contributed by atoms with Gasteiger partial charge in [-0.2, -0.15) is 0 Å². The first-order chi connectivity index (χ1) is 8.77. The van der Waals surface area contributed by atoms with E-state index in [1.165, 1.54) is 12.3 Å². The van der Waals surface area contributed by atoms with E-state index in [-0.39, 0.29) is 17.3 Å². The van der Waals surface area contributed by atoms with Crippen molar-refractivity contribution in [2.45, 2.75) is 10.8 Å². The Morgan fingerprint density at radius 2 is 2.17 bits per heavy atom. The van der Waals surface area contributed by atoms with E-state index in [4.69, 9.17) is 0 Å². The lowest BCUT2D eigenvalue weighted by atomic mass is 9.93. The maximum atomic E-state index is 13.6. The van der Waals surface area contributed by atoms with Gasteiger partial charge in [0.15, 0.2) is 11.6 Å². The van der Waals surface area contributed by atoms with Crippen LogP contribution in [0, 0.1) is 5.82 Å². The molecule has 0 aliphatic carbocycles. The molecular formula is C14H10FNOS. The number of thioether (sulfide) groups is 1. The molecule has 2 nitrogen and oxygen atoms in total. The molecule has 4 heteroatoms. The molecule has 1 aromatic heterocycles. The van der Waals surface area contributed by atoms with Crippen molar-refractivity contribution in [3.05, 3.63) is 59.7 Å². The average Bonchev–Trinajstić information content (AvgIpc) is 2.82. The number of Topliss-reactive ketones (excluding diaryl/α,β-unsaturated/α-hetero) is 1. The van der Waals surface area contributed by atoms with Gasteiger partial charge >= 0.3 is 0 Å². The highest BCUT2D eigenvalue weighted by Gasteiger charge is 2.30. The summed E-state index contributed by atoms with van der Waals surface area (Å²) < 4.78 is 13.6. The number of ketones is 1. The van der Waals surface area contributed by atoms with E-state index in [2.05, 4.69) is 4.98 Å². The number of aromatic nitrogens is 1. The fourth-order valence-corrected chi connectivity index (χ4v) is 3.37. The molecule has 0 fully saturated rings. The number of rotatable bonds is 2. The standard InChI is InChI=1S/C14H10FNOS/c15-12-7-16-6-5-10(12)14(17)11-8-18-13-4-2-1-3-9(11)13/h1-7,11H,8H2. The molecule has 0 amide bonds. The van der Waals surface area contributed by atoms with E-state index in [1.807, 2.05) is 24.3 Å². The quantitative estimate of drug-likeness (QED) is 0.775. The Bertz CT molecular complexity index is 614. The van der Waals surface area contributed by atoms with Crippen LogP contribution in [0.5, 0.6) is 0 Å². The molecule has 2 heterocycles. The van der Waals surface area contributed by atoms with Gasteiger partial charge in [-0.15, -0.1) is 11.8 Å². The first kappa shape index (κ1) is 11.4. The van der Waals surface area contributed by atoms with Crippen LogP contribution in [-0.2, 0) is 0 Å². The Labute approximate surface area is 108 Å². The molecule has 0 spiro atoms. The number of hydrogen-bond donors (Lipinski definition) is 0. The van der Waals surface area contributed by atoms with Crippen LogP contribution >= 0.6 is 11.8 Å². The molecule has 0 saturated heterocycles. The lowest BCUT2D eigenvalue weighted by molar-refractivity contribution is 0.0964. The summed E-state index contributed by atoms with van der Waals surface area (Å²) in [6.45, 7) is 0. The van der Waals surface area contributed by atoms with E-state index in [9.17, 15) is 9.18 Å². The molecule has 1 aromatic carbocycles. The summed E-state index contributed by atoms with van der Waals surface area (Å²) in [5.41, 5.74) is 1.14. The molecule has 0 bridgehead atoms. The molecule has 1 aliphatic heterocycles. The zero-order valence-corrected chi connectivity index (χ0v) is 10.3. The van der Waals surface area contributed by atoms with Crippen LogP contribution in [-0.4, -0.2) is 16.5 Å². The van der Waals surface area contributed by atoms with Gasteiger partial charge < -0.3 is 0 Å². The lowest BCUT2D eigenvalue weighted by Gasteiger charge is -2.09. The molecular weight excluding hydrogens is 249 g/mol. The Hall–Kier alpha value is -1.68.